The largest absolute Gasteiger partial charge is 0.406 e. The van der Waals surface area contributed by atoms with Crippen LogP contribution in [0.5, 0.6) is 0 Å². The Bertz CT molecular complexity index is 358. The van der Waals surface area contributed by atoms with Crippen LogP contribution in [0.1, 0.15) is 12.8 Å². The van der Waals surface area contributed by atoms with Crippen molar-refractivity contribution in [2.24, 2.45) is 0 Å². The highest BCUT2D eigenvalue weighted by molar-refractivity contribution is 5.84. The van der Waals surface area contributed by atoms with Crippen LogP contribution in [-0.2, 0) is 4.79 Å². The van der Waals surface area contributed by atoms with Crippen LogP contribution in [0.4, 0.5) is 26.3 Å². The van der Waals surface area contributed by atoms with Crippen LogP contribution in [0.2, 0.25) is 0 Å². The molecule has 1 amide bonds. The second-order valence-electron chi connectivity index (χ2n) is 4.84. The third-order valence-electron chi connectivity index (χ3n) is 3.07. The fourth-order valence-electron chi connectivity index (χ4n) is 2.28. The second-order valence-corrected chi connectivity index (χ2v) is 4.84. The number of amides is 1. The molecule has 0 aromatic carbocycles. The molecule has 124 valence electrons. The van der Waals surface area contributed by atoms with Crippen molar-refractivity contribution in [3.05, 3.63) is 0 Å². The first kappa shape index (κ1) is 18.0. The number of carbonyl (C=O) groups excluding carboxylic acids is 1. The van der Waals surface area contributed by atoms with E-state index in [2.05, 4.69) is 0 Å². The van der Waals surface area contributed by atoms with Crippen molar-refractivity contribution in [2.45, 2.75) is 31.2 Å². The minimum Gasteiger partial charge on any atom is -0.396 e. The zero-order valence-corrected chi connectivity index (χ0v) is 11.0. The number of aliphatic hydroxyl groups excluding tert-OH is 1. The van der Waals surface area contributed by atoms with Crippen LogP contribution < -0.4 is 0 Å². The van der Waals surface area contributed by atoms with E-state index in [9.17, 15) is 31.1 Å². The number of halogens is 6. The van der Waals surface area contributed by atoms with Gasteiger partial charge in [0.05, 0.1) is 12.6 Å². The van der Waals surface area contributed by atoms with Crippen molar-refractivity contribution in [2.75, 3.05) is 32.8 Å². The molecule has 1 rings (SSSR count). The molecule has 0 radical (unpaired) electrons. The molecule has 0 aromatic heterocycles. The summed E-state index contributed by atoms with van der Waals surface area (Å²) in [5, 5.41) is 8.67. The van der Waals surface area contributed by atoms with E-state index in [1.807, 2.05) is 0 Å². The fourth-order valence-corrected chi connectivity index (χ4v) is 2.28. The Hall–Kier alpha value is -1.03. The van der Waals surface area contributed by atoms with Gasteiger partial charge in [-0.1, -0.05) is 0 Å². The molecule has 10 heteroatoms. The molecule has 1 aliphatic heterocycles. The van der Waals surface area contributed by atoms with Gasteiger partial charge in [0.15, 0.2) is 0 Å². The third-order valence-corrected chi connectivity index (χ3v) is 3.07. The van der Waals surface area contributed by atoms with Crippen molar-refractivity contribution in [3.8, 4) is 0 Å². The minimum absolute atomic E-state index is 0.0130. The lowest BCUT2D eigenvalue weighted by Gasteiger charge is -2.28. The van der Waals surface area contributed by atoms with E-state index in [0.717, 1.165) is 4.90 Å². The van der Waals surface area contributed by atoms with Gasteiger partial charge in [-0.3, -0.25) is 9.69 Å². The lowest BCUT2D eigenvalue weighted by molar-refractivity contribution is -0.165. The van der Waals surface area contributed by atoms with E-state index in [1.54, 1.807) is 0 Å². The van der Waals surface area contributed by atoms with Gasteiger partial charge in [0.2, 0.25) is 5.91 Å². The highest BCUT2D eigenvalue weighted by Gasteiger charge is 2.43. The zero-order chi connectivity index (χ0) is 16.3. The smallest absolute Gasteiger partial charge is 0.396 e. The average molecular weight is 322 g/mol. The summed E-state index contributed by atoms with van der Waals surface area (Å²) in [7, 11) is 0. The van der Waals surface area contributed by atoms with E-state index in [4.69, 9.17) is 5.11 Å². The number of likely N-dealkylation sites (tertiary alicyclic amines) is 1. The van der Waals surface area contributed by atoms with Gasteiger partial charge >= 0.3 is 12.4 Å². The summed E-state index contributed by atoms with van der Waals surface area (Å²) >= 11 is 0. The number of nitrogens with zero attached hydrogens (tertiary/aromatic N) is 2. The summed E-state index contributed by atoms with van der Waals surface area (Å²) in [4.78, 5) is 13.1. The summed E-state index contributed by atoms with van der Waals surface area (Å²) in [5.74, 6) is -0.950. The van der Waals surface area contributed by atoms with Crippen LogP contribution in [-0.4, -0.2) is 72.0 Å². The molecule has 1 atom stereocenters. The molecule has 1 fully saturated rings. The predicted molar refractivity (Wildman–Crippen MR) is 60.4 cm³/mol. The molecular weight excluding hydrogens is 306 g/mol. The second kappa shape index (κ2) is 6.82. The van der Waals surface area contributed by atoms with Crippen LogP contribution in [0.3, 0.4) is 0 Å². The maximum absolute atomic E-state index is 12.5. The van der Waals surface area contributed by atoms with Gasteiger partial charge in [-0.15, -0.1) is 0 Å². The zero-order valence-electron chi connectivity index (χ0n) is 11.0. The van der Waals surface area contributed by atoms with Crippen LogP contribution in [0.15, 0.2) is 0 Å². The molecule has 0 aliphatic carbocycles. The molecule has 1 heterocycles. The Kier molecular flexibility index (Phi) is 5.85. The lowest BCUT2D eigenvalue weighted by atomic mass is 10.2. The normalized spacial score (nSPS) is 20.7. The Morgan fingerprint density at radius 2 is 1.81 bits per heavy atom. The predicted octanol–water partition coefficient (Wildman–Crippen LogP) is 1.40. The van der Waals surface area contributed by atoms with Crippen LogP contribution in [0, 0.1) is 0 Å². The quantitative estimate of drug-likeness (QED) is 0.752. The Morgan fingerprint density at radius 1 is 1.19 bits per heavy atom. The summed E-state index contributed by atoms with van der Waals surface area (Å²) in [5.41, 5.74) is 0. The van der Waals surface area contributed by atoms with Gasteiger partial charge in [0.1, 0.15) is 6.54 Å². The first-order valence-electron chi connectivity index (χ1n) is 6.30. The highest BCUT2D eigenvalue weighted by Crippen LogP contribution is 2.26. The number of hydrogen-bond acceptors (Lipinski definition) is 3. The molecule has 0 spiro atoms. The van der Waals surface area contributed by atoms with Gasteiger partial charge in [-0.2, -0.15) is 26.3 Å². The minimum atomic E-state index is -4.58. The van der Waals surface area contributed by atoms with Crippen molar-refractivity contribution < 1.29 is 36.2 Å². The van der Waals surface area contributed by atoms with Crippen LogP contribution in [0.25, 0.3) is 0 Å². The van der Waals surface area contributed by atoms with E-state index in [1.165, 1.54) is 0 Å². The van der Waals surface area contributed by atoms with E-state index in [0.29, 0.717) is 4.90 Å². The van der Waals surface area contributed by atoms with Gasteiger partial charge in [-0.25, -0.2) is 0 Å². The van der Waals surface area contributed by atoms with Crippen molar-refractivity contribution >= 4 is 5.91 Å². The first-order chi connectivity index (χ1) is 9.53. The van der Waals surface area contributed by atoms with Gasteiger partial charge in [0.25, 0.3) is 0 Å². The number of aliphatic hydroxyl groups is 1. The number of alkyl halides is 6. The molecular formula is C11H16F6N2O2. The van der Waals surface area contributed by atoms with Crippen molar-refractivity contribution in [1.82, 2.24) is 9.80 Å². The molecule has 0 aromatic rings. The standard InChI is InChI=1S/C11H16F6N2O2/c12-10(13,14)6-18(3-1-5-20)8-2-4-19(9(8)21)7-11(15,16)17/h8,20H,1-7H2. The maximum atomic E-state index is 12.5. The van der Waals surface area contributed by atoms with Gasteiger partial charge in [-0.05, 0) is 12.8 Å². The molecule has 0 bridgehead atoms. The van der Waals surface area contributed by atoms with Crippen LogP contribution >= 0.6 is 0 Å². The Morgan fingerprint density at radius 3 is 2.29 bits per heavy atom. The summed E-state index contributed by atoms with van der Waals surface area (Å²) in [6.07, 6.45) is -9.22. The molecule has 1 saturated heterocycles. The Balaban J connectivity index is 2.73. The SMILES string of the molecule is O=C1C(N(CCCO)CC(F)(F)F)CCN1CC(F)(F)F. The molecule has 21 heavy (non-hydrogen) atoms. The summed E-state index contributed by atoms with van der Waals surface area (Å²) in [6.45, 7) is -3.63. The van der Waals surface area contributed by atoms with E-state index < -0.39 is 37.4 Å². The monoisotopic (exact) mass is 322 g/mol. The number of rotatable bonds is 6. The topological polar surface area (TPSA) is 43.8 Å². The molecule has 1 N–H and O–H groups in total. The van der Waals surface area contributed by atoms with E-state index >= 15 is 0 Å². The molecule has 0 saturated carbocycles. The average Bonchev–Trinajstić information content (AvgIpc) is 2.63. The Labute approximate surface area is 117 Å². The van der Waals surface area contributed by atoms with Crippen molar-refractivity contribution in [1.29, 1.82) is 0 Å². The number of hydrogen-bond donors (Lipinski definition) is 1. The molecule has 4 nitrogen and oxygen atoms in total. The summed E-state index contributed by atoms with van der Waals surface area (Å²) in [6, 6.07) is -1.22. The maximum Gasteiger partial charge on any atom is 0.406 e. The number of carbonyl (C=O) groups is 1. The van der Waals surface area contributed by atoms with Gasteiger partial charge in [0, 0.05) is 19.7 Å². The fraction of sp³-hybridized carbons (Fsp3) is 0.909. The third kappa shape index (κ3) is 6.08. The lowest BCUT2D eigenvalue weighted by Crippen LogP contribution is -2.47. The summed E-state index contributed by atoms with van der Waals surface area (Å²) < 4.78 is 74.2. The molecule has 1 aliphatic rings. The first-order valence-corrected chi connectivity index (χ1v) is 6.30. The van der Waals surface area contributed by atoms with Gasteiger partial charge < -0.3 is 10.0 Å². The molecule has 1 unspecified atom stereocenters. The van der Waals surface area contributed by atoms with Crippen molar-refractivity contribution in [3.63, 3.8) is 0 Å². The highest BCUT2D eigenvalue weighted by atomic mass is 19.4. The van der Waals surface area contributed by atoms with E-state index in [-0.39, 0.29) is 32.5 Å².